The van der Waals surface area contributed by atoms with Gasteiger partial charge in [0.25, 0.3) is 5.91 Å². The summed E-state index contributed by atoms with van der Waals surface area (Å²) < 4.78 is 18.5. The molecule has 0 unspecified atom stereocenters. The van der Waals surface area contributed by atoms with E-state index < -0.39 is 0 Å². The SMILES string of the molecule is CC(C)c1ccc(NC(=O)c2ccc(-c3ccc(F)cc3)o2)cc1. The lowest BCUT2D eigenvalue weighted by Gasteiger charge is -2.07. The van der Waals surface area contributed by atoms with Crippen molar-refractivity contribution in [2.75, 3.05) is 5.32 Å². The summed E-state index contributed by atoms with van der Waals surface area (Å²) in [4.78, 5) is 12.3. The summed E-state index contributed by atoms with van der Waals surface area (Å²) in [6.07, 6.45) is 0. The van der Waals surface area contributed by atoms with Gasteiger partial charge in [0.05, 0.1) is 0 Å². The third-order valence-corrected chi connectivity index (χ3v) is 3.79. The van der Waals surface area contributed by atoms with E-state index in [0.29, 0.717) is 17.4 Å². The van der Waals surface area contributed by atoms with Crippen LogP contribution in [0, 0.1) is 5.82 Å². The average Bonchev–Trinajstić information content (AvgIpc) is 3.06. The van der Waals surface area contributed by atoms with Crippen molar-refractivity contribution in [1.29, 1.82) is 0 Å². The summed E-state index contributed by atoms with van der Waals surface area (Å²) in [7, 11) is 0. The molecular weight excluding hydrogens is 305 g/mol. The molecular formula is C20H18FNO2. The molecule has 0 radical (unpaired) electrons. The van der Waals surface area contributed by atoms with Crippen molar-refractivity contribution in [3.05, 3.63) is 77.8 Å². The number of furan rings is 1. The van der Waals surface area contributed by atoms with Crippen LogP contribution in [0.1, 0.15) is 35.9 Å². The number of halogens is 1. The molecule has 3 nitrogen and oxygen atoms in total. The highest BCUT2D eigenvalue weighted by Gasteiger charge is 2.13. The first-order chi connectivity index (χ1) is 11.5. The summed E-state index contributed by atoms with van der Waals surface area (Å²) >= 11 is 0. The highest BCUT2D eigenvalue weighted by molar-refractivity contribution is 6.02. The third-order valence-electron chi connectivity index (χ3n) is 3.79. The normalized spacial score (nSPS) is 10.8. The number of carbonyl (C=O) groups is 1. The van der Waals surface area contributed by atoms with Gasteiger partial charge in [-0.15, -0.1) is 0 Å². The number of rotatable bonds is 4. The molecule has 1 aromatic heterocycles. The largest absolute Gasteiger partial charge is 0.451 e. The molecule has 0 saturated heterocycles. The van der Waals surface area contributed by atoms with Crippen LogP contribution >= 0.6 is 0 Å². The van der Waals surface area contributed by atoms with Gasteiger partial charge in [-0.2, -0.15) is 0 Å². The highest BCUT2D eigenvalue weighted by Crippen LogP contribution is 2.23. The van der Waals surface area contributed by atoms with E-state index in [4.69, 9.17) is 4.42 Å². The number of nitrogens with one attached hydrogen (secondary N) is 1. The molecule has 4 heteroatoms. The van der Waals surface area contributed by atoms with Gasteiger partial charge >= 0.3 is 0 Å². The second-order valence-corrected chi connectivity index (χ2v) is 5.90. The molecule has 0 aliphatic carbocycles. The van der Waals surface area contributed by atoms with Crippen LogP contribution in [0.2, 0.25) is 0 Å². The molecule has 1 amide bonds. The zero-order chi connectivity index (χ0) is 17.1. The first-order valence-electron chi connectivity index (χ1n) is 7.80. The van der Waals surface area contributed by atoms with Crippen molar-refractivity contribution in [3.8, 4) is 11.3 Å². The lowest BCUT2D eigenvalue weighted by Crippen LogP contribution is -2.10. The summed E-state index contributed by atoms with van der Waals surface area (Å²) in [6, 6.07) is 17.0. The van der Waals surface area contributed by atoms with Gasteiger partial charge in [-0.25, -0.2) is 4.39 Å². The summed E-state index contributed by atoms with van der Waals surface area (Å²) in [5, 5.41) is 2.81. The zero-order valence-electron chi connectivity index (χ0n) is 13.5. The quantitative estimate of drug-likeness (QED) is 0.692. The Kier molecular flexibility index (Phi) is 4.47. The summed E-state index contributed by atoms with van der Waals surface area (Å²) in [6.45, 7) is 4.24. The zero-order valence-corrected chi connectivity index (χ0v) is 13.5. The van der Waals surface area contributed by atoms with Crippen LogP contribution in [0.3, 0.4) is 0 Å². The van der Waals surface area contributed by atoms with E-state index in [1.165, 1.54) is 17.7 Å². The maximum absolute atomic E-state index is 13.0. The number of hydrogen-bond donors (Lipinski definition) is 1. The summed E-state index contributed by atoms with van der Waals surface area (Å²) in [5.74, 6) is 0.546. The predicted octanol–water partition coefficient (Wildman–Crippen LogP) is 5.46. The topological polar surface area (TPSA) is 42.2 Å². The van der Waals surface area contributed by atoms with Crippen LogP contribution < -0.4 is 5.32 Å². The van der Waals surface area contributed by atoms with Crippen LogP contribution in [0.25, 0.3) is 11.3 Å². The van der Waals surface area contributed by atoms with E-state index in [9.17, 15) is 9.18 Å². The maximum Gasteiger partial charge on any atom is 0.291 e. The van der Waals surface area contributed by atoms with Gasteiger partial charge < -0.3 is 9.73 Å². The van der Waals surface area contributed by atoms with Crippen LogP contribution in [0.4, 0.5) is 10.1 Å². The van der Waals surface area contributed by atoms with Crippen molar-refractivity contribution in [2.45, 2.75) is 19.8 Å². The second kappa shape index (κ2) is 6.71. The fraction of sp³-hybridized carbons (Fsp3) is 0.150. The van der Waals surface area contributed by atoms with Gasteiger partial charge in [-0.05, 0) is 60.0 Å². The third kappa shape index (κ3) is 3.54. The van der Waals surface area contributed by atoms with Crippen molar-refractivity contribution in [3.63, 3.8) is 0 Å². The summed E-state index contributed by atoms with van der Waals surface area (Å²) in [5.41, 5.74) is 2.64. The lowest BCUT2D eigenvalue weighted by atomic mass is 10.0. The van der Waals surface area contributed by atoms with Crippen LogP contribution in [-0.4, -0.2) is 5.91 Å². The molecule has 122 valence electrons. The minimum Gasteiger partial charge on any atom is -0.451 e. The molecule has 0 saturated carbocycles. The number of anilines is 1. The molecule has 2 aromatic carbocycles. The van der Waals surface area contributed by atoms with Gasteiger partial charge in [-0.3, -0.25) is 4.79 Å². The fourth-order valence-corrected chi connectivity index (χ4v) is 2.37. The van der Waals surface area contributed by atoms with E-state index in [1.54, 1.807) is 24.3 Å². The Hall–Kier alpha value is -2.88. The van der Waals surface area contributed by atoms with Gasteiger partial charge in [-0.1, -0.05) is 26.0 Å². The van der Waals surface area contributed by atoms with E-state index in [1.807, 2.05) is 24.3 Å². The van der Waals surface area contributed by atoms with Crippen molar-refractivity contribution in [2.24, 2.45) is 0 Å². The number of hydrogen-bond acceptors (Lipinski definition) is 2. The number of benzene rings is 2. The van der Waals surface area contributed by atoms with Gasteiger partial charge in [0, 0.05) is 11.3 Å². The lowest BCUT2D eigenvalue weighted by molar-refractivity contribution is 0.0997. The molecule has 0 aliphatic rings. The molecule has 0 aliphatic heterocycles. The minimum atomic E-state index is -0.319. The Balaban J connectivity index is 1.72. The van der Waals surface area contributed by atoms with Crippen molar-refractivity contribution in [1.82, 2.24) is 0 Å². The van der Waals surface area contributed by atoms with Gasteiger partial charge in [0.1, 0.15) is 11.6 Å². The predicted molar refractivity (Wildman–Crippen MR) is 92.6 cm³/mol. The Morgan fingerprint density at radius 3 is 2.25 bits per heavy atom. The van der Waals surface area contributed by atoms with E-state index in [0.717, 1.165) is 5.56 Å². The average molecular weight is 323 g/mol. The highest BCUT2D eigenvalue weighted by atomic mass is 19.1. The molecule has 0 spiro atoms. The monoisotopic (exact) mass is 323 g/mol. The second-order valence-electron chi connectivity index (χ2n) is 5.90. The molecule has 3 rings (SSSR count). The Bertz CT molecular complexity index is 833. The Morgan fingerprint density at radius 2 is 1.62 bits per heavy atom. The Morgan fingerprint density at radius 1 is 0.958 bits per heavy atom. The molecule has 0 fully saturated rings. The molecule has 1 N–H and O–H groups in total. The number of carbonyl (C=O) groups excluding carboxylic acids is 1. The smallest absolute Gasteiger partial charge is 0.291 e. The van der Waals surface area contributed by atoms with Gasteiger partial charge in [0.15, 0.2) is 5.76 Å². The minimum absolute atomic E-state index is 0.210. The molecule has 0 bridgehead atoms. The van der Waals surface area contributed by atoms with Crippen LogP contribution in [0.5, 0.6) is 0 Å². The molecule has 1 heterocycles. The maximum atomic E-state index is 13.0. The molecule has 24 heavy (non-hydrogen) atoms. The van der Waals surface area contributed by atoms with Crippen LogP contribution in [0.15, 0.2) is 65.1 Å². The van der Waals surface area contributed by atoms with E-state index in [2.05, 4.69) is 19.2 Å². The standard InChI is InChI=1S/C20H18FNO2/c1-13(2)14-5-9-17(10-6-14)22-20(23)19-12-11-18(24-19)15-3-7-16(21)8-4-15/h3-13H,1-2H3,(H,22,23). The van der Waals surface area contributed by atoms with Crippen molar-refractivity contribution < 1.29 is 13.6 Å². The van der Waals surface area contributed by atoms with E-state index in [-0.39, 0.29) is 17.5 Å². The molecule has 3 aromatic rings. The van der Waals surface area contributed by atoms with Crippen LogP contribution in [-0.2, 0) is 0 Å². The fourth-order valence-electron chi connectivity index (χ4n) is 2.37. The van der Waals surface area contributed by atoms with Crippen molar-refractivity contribution >= 4 is 11.6 Å². The Labute approximate surface area is 140 Å². The first-order valence-corrected chi connectivity index (χ1v) is 7.80. The molecule has 0 atom stereocenters. The first kappa shape index (κ1) is 16.0. The van der Waals surface area contributed by atoms with E-state index >= 15 is 0 Å². The van der Waals surface area contributed by atoms with Gasteiger partial charge in [0.2, 0.25) is 0 Å². The number of amides is 1.